The van der Waals surface area contributed by atoms with Gasteiger partial charge in [0.25, 0.3) is 5.91 Å². The number of nitrogen functional groups attached to an aromatic ring is 1. The predicted octanol–water partition coefficient (Wildman–Crippen LogP) is 1.36. The molecule has 4 N–H and O–H groups in total. The Kier molecular flexibility index (Phi) is 2.73. The van der Waals surface area contributed by atoms with Gasteiger partial charge in [0.1, 0.15) is 0 Å². The van der Waals surface area contributed by atoms with Crippen LogP contribution >= 0.6 is 0 Å². The smallest absolute Gasteiger partial charge is 0.250 e. The number of carbonyl (C=O) groups is 1. The van der Waals surface area contributed by atoms with Crippen molar-refractivity contribution in [2.24, 2.45) is 5.73 Å². The molecule has 1 aliphatic rings. The average molecular weight is 219 g/mol. The Labute approximate surface area is 95.2 Å². The van der Waals surface area contributed by atoms with Gasteiger partial charge in [-0.1, -0.05) is 6.07 Å². The van der Waals surface area contributed by atoms with Crippen LogP contribution in [0.4, 0.5) is 11.4 Å². The van der Waals surface area contributed by atoms with Gasteiger partial charge in [-0.2, -0.15) is 0 Å². The van der Waals surface area contributed by atoms with Crippen LogP contribution in [0, 0.1) is 0 Å². The molecule has 1 aromatic rings. The molecule has 0 saturated carbocycles. The minimum absolute atomic E-state index is 0.414. The van der Waals surface area contributed by atoms with Gasteiger partial charge in [-0.05, 0) is 31.9 Å². The summed E-state index contributed by atoms with van der Waals surface area (Å²) in [7, 11) is 0. The number of hydrogen-bond donors (Lipinski definition) is 2. The van der Waals surface area contributed by atoms with Gasteiger partial charge in [-0.15, -0.1) is 0 Å². The largest absolute Gasteiger partial charge is 0.396 e. The Morgan fingerprint density at radius 1 is 1.50 bits per heavy atom. The van der Waals surface area contributed by atoms with Crippen LogP contribution in [0.25, 0.3) is 0 Å². The van der Waals surface area contributed by atoms with Crippen LogP contribution in [0.3, 0.4) is 0 Å². The number of rotatable bonds is 2. The van der Waals surface area contributed by atoms with E-state index in [9.17, 15) is 4.79 Å². The summed E-state index contributed by atoms with van der Waals surface area (Å²) >= 11 is 0. The van der Waals surface area contributed by atoms with Crippen molar-refractivity contribution in [3.8, 4) is 0 Å². The van der Waals surface area contributed by atoms with Crippen molar-refractivity contribution in [3.63, 3.8) is 0 Å². The molecule has 0 aromatic heterocycles. The molecule has 1 aliphatic heterocycles. The Hall–Kier alpha value is -1.71. The first-order chi connectivity index (χ1) is 7.61. The second kappa shape index (κ2) is 4.04. The number of primary amides is 1. The van der Waals surface area contributed by atoms with Crippen molar-refractivity contribution < 1.29 is 4.79 Å². The maximum atomic E-state index is 11.2. The highest BCUT2D eigenvalue weighted by molar-refractivity contribution is 6.00. The van der Waals surface area contributed by atoms with Gasteiger partial charge >= 0.3 is 0 Å². The van der Waals surface area contributed by atoms with E-state index in [0.717, 1.165) is 12.2 Å². The first-order valence-corrected chi connectivity index (χ1v) is 5.56. The second-order valence-electron chi connectivity index (χ2n) is 4.29. The average Bonchev–Trinajstić information content (AvgIpc) is 2.64. The van der Waals surface area contributed by atoms with Crippen molar-refractivity contribution >= 4 is 17.3 Å². The van der Waals surface area contributed by atoms with Gasteiger partial charge in [-0.25, -0.2) is 0 Å². The molecule has 2 rings (SSSR count). The summed E-state index contributed by atoms with van der Waals surface area (Å²) in [5.41, 5.74) is 13.1. The molecule has 0 radical (unpaired) electrons. The van der Waals surface area contributed by atoms with Crippen molar-refractivity contribution in [2.75, 3.05) is 17.2 Å². The highest BCUT2D eigenvalue weighted by atomic mass is 16.1. The third-order valence-corrected chi connectivity index (χ3v) is 3.21. The van der Waals surface area contributed by atoms with Crippen LogP contribution in [0.1, 0.15) is 30.1 Å². The maximum absolute atomic E-state index is 11.2. The van der Waals surface area contributed by atoms with Gasteiger partial charge in [0.15, 0.2) is 0 Å². The molecule has 16 heavy (non-hydrogen) atoms. The standard InChI is InChI=1S/C12H17N3O/c1-8-4-3-7-15(8)10-6-2-5-9(11(10)13)12(14)16/h2,5-6,8H,3-4,7,13H2,1H3,(H2,14,16). The lowest BCUT2D eigenvalue weighted by Crippen LogP contribution is -2.28. The number of anilines is 2. The molecule has 1 saturated heterocycles. The van der Waals surface area contributed by atoms with Crippen LogP contribution in [0.15, 0.2) is 18.2 Å². The summed E-state index contributed by atoms with van der Waals surface area (Å²) in [6.45, 7) is 3.16. The Balaban J connectivity index is 2.41. The quantitative estimate of drug-likeness (QED) is 0.737. The fourth-order valence-electron chi connectivity index (χ4n) is 2.31. The third-order valence-electron chi connectivity index (χ3n) is 3.21. The van der Waals surface area contributed by atoms with Crippen LogP contribution < -0.4 is 16.4 Å². The molecule has 1 fully saturated rings. The lowest BCUT2D eigenvalue weighted by atomic mass is 10.1. The maximum Gasteiger partial charge on any atom is 0.250 e. The summed E-state index contributed by atoms with van der Waals surface area (Å²) in [6, 6.07) is 5.92. The van der Waals surface area contributed by atoms with Gasteiger partial charge in [0.05, 0.1) is 16.9 Å². The van der Waals surface area contributed by atoms with Crippen LogP contribution in [0.2, 0.25) is 0 Å². The number of benzene rings is 1. The SMILES string of the molecule is CC1CCCN1c1cccc(C(N)=O)c1N. The lowest BCUT2D eigenvalue weighted by molar-refractivity contribution is 0.100. The summed E-state index contributed by atoms with van der Waals surface area (Å²) < 4.78 is 0. The van der Waals surface area contributed by atoms with E-state index in [1.54, 1.807) is 6.07 Å². The van der Waals surface area contributed by atoms with Gasteiger partial charge < -0.3 is 16.4 Å². The number of nitrogens with zero attached hydrogens (tertiary/aromatic N) is 1. The molecule has 0 bridgehead atoms. The van der Waals surface area contributed by atoms with E-state index in [2.05, 4.69) is 11.8 Å². The Morgan fingerprint density at radius 2 is 2.25 bits per heavy atom. The van der Waals surface area contributed by atoms with Crippen LogP contribution in [-0.2, 0) is 0 Å². The number of nitrogens with two attached hydrogens (primary N) is 2. The zero-order valence-electron chi connectivity index (χ0n) is 9.44. The van der Waals surface area contributed by atoms with E-state index in [4.69, 9.17) is 11.5 Å². The van der Waals surface area contributed by atoms with Crippen molar-refractivity contribution in [1.29, 1.82) is 0 Å². The van der Waals surface area contributed by atoms with Crippen molar-refractivity contribution in [2.45, 2.75) is 25.8 Å². The van der Waals surface area contributed by atoms with Crippen LogP contribution in [-0.4, -0.2) is 18.5 Å². The molecule has 1 atom stereocenters. The first-order valence-electron chi connectivity index (χ1n) is 5.56. The predicted molar refractivity (Wildman–Crippen MR) is 65.4 cm³/mol. The second-order valence-corrected chi connectivity index (χ2v) is 4.29. The summed E-state index contributed by atoms with van der Waals surface area (Å²) in [5, 5.41) is 0. The minimum atomic E-state index is -0.466. The van der Waals surface area contributed by atoms with E-state index >= 15 is 0 Å². The van der Waals surface area contributed by atoms with E-state index in [-0.39, 0.29) is 0 Å². The monoisotopic (exact) mass is 219 g/mol. The van der Waals surface area contributed by atoms with Gasteiger partial charge in [-0.3, -0.25) is 4.79 Å². The van der Waals surface area contributed by atoms with E-state index < -0.39 is 5.91 Å². The number of amides is 1. The summed E-state index contributed by atoms with van der Waals surface area (Å²) in [5.74, 6) is -0.466. The summed E-state index contributed by atoms with van der Waals surface area (Å²) in [6.07, 6.45) is 2.33. The topological polar surface area (TPSA) is 72.3 Å². The van der Waals surface area contributed by atoms with E-state index in [1.165, 1.54) is 12.8 Å². The first kappa shape index (κ1) is 10.8. The molecule has 1 unspecified atom stereocenters. The molecule has 1 aromatic carbocycles. The molecular weight excluding hydrogens is 202 g/mol. The fraction of sp³-hybridized carbons (Fsp3) is 0.417. The van der Waals surface area contributed by atoms with E-state index in [1.807, 2.05) is 12.1 Å². The van der Waals surface area contributed by atoms with Gasteiger partial charge in [0.2, 0.25) is 0 Å². The lowest BCUT2D eigenvalue weighted by Gasteiger charge is -2.25. The van der Waals surface area contributed by atoms with Crippen LogP contribution in [0.5, 0.6) is 0 Å². The normalized spacial score (nSPS) is 20.1. The minimum Gasteiger partial charge on any atom is -0.396 e. The number of para-hydroxylation sites is 1. The molecule has 0 spiro atoms. The third kappa shape index (κ3) is 1.71. The number of hydrogen-bond acceptors (Lipinski definition) is 3. The zero-order valence-corrected chi connectivity index (χ0v) is 9.44. The molecular formula is C12H17N3O. The van der Waals surface area contributed by atoms with Crippen molar-refractivity contribution in [3.05, 3.63) is 23.8 Å². The zero-order chi connectivity index (χ0) is 11.7. The number of carbonyl (C=O) groups excluding carboxylic acids is 1. The summed E-state index contributed by atoms with van der Waals surface area (Å²) in [4.78, 5) is 13.4. The molecule has 4 heteroatoms. The molecule has 4 nitrogen and oxygen atoms in total. The highest BCUT2D eigenvalue weighted by Crippen LogP contribution is 2.32. The molecule has 1 amide bonds. The molecule has 0 aliphatic carbocycles. The fourth-order valence-corrected chi connectivity index (χ4v) is 2.31. The van der Waals surface area contributed by atoms with Crippen molar-refractivity contribution in [1.82, 2.24) is 0 Å². The highest BCUT2D eigenvalue weighted by Gasteiger charge is 2.23. The Bertz CT molecular complexity index is 417. The molecule has 86 valence electrons. The van der Waals surface area contributed by atoms with Gasteiger partial charge in [0, 0.05) is 12.6 Å². The molecule has 1 heterocycles. The Morgan fingerprint density at radius 3 is 2.81 bits per heavy atom. The van der Waals surface area contributed by atoms with E-state index in [0.29, 0.717) is 17.3 Å².